The van der Waals surface area contributed by atoms with E-state index in [1.54, 1.807) is 0 Å². The molecule has 0 spiro atoms. The summed E-state index contributed by atoms with van der Waals surface area (Å²) >= 11 is 8.19. The predicted molar refractivity (Wildman–Crippen MR) is 69.0 cm³/mol. The topological polar surface area (TPSA) is 24.9 Å². The van der Waals surface area contributed by atoms with Crippen molar-refractivity contribution in [1.29, 1.82) is 0 Å². The van der Waals surface area contributed by atoms with E-state index in [4.69, 9.17) is 11.6 Å². The van der Waals surface area contributed by atoms with Crippen LogP contribution in [0, 0.1) is 3.57 Å². The molecule has 2 rings (SSSR count). The quantitative estimate of drug-likeness (QED) is 0.814. The Kier molecular flexibility index (Phi) is 2.78. The van der Waals surface area contributed by atoms with Crippen molar-refractivity contribution < 1.29 is 0 Å². The largest absolute Gasteiger partial charge is 0.373 e. The van der Waals surface area contributed by atoms with E-state index in [9.17, 15) is 0 Å². The number of anilines is 1. The Balaban J connectivity index is 2.75. The molecule has 0 aliphatic carbocycles. The molecule has 1 aromatic carbocycles. The van der Waals surface area contributed by atoms with Gasteiger partial charge in [-0.1, -0.05) is 11.6 Å². The first kappa shape index (κ1) is 9.98. The zero-order valence-electron chi connectivity index (χ0n) is 7.51. The number of hydrogen-bond donors (Lipinski definition) is 1. The van der Waals surface area contributed by atoms with Gasteiger partial charge in [0.2, 0.25) is 0 Å². The summed E-state index contributed by atoms with van der Waals surface area (Å²) in [6.45, 7) is 0. The van der Waals surface area contributed by atoms with Gasteiger partial charge in [0.05, 0.1) is 5.52 Å². The third-order valence-corrected chi connectivity index (χ3v) is 3.01. The minimum absolute atomic E-state index is 0.751. The number of rotatable bonds is 1. The SMILES string of the molecule is CNc1ccc2cc(Cl)cc(I)c2n1. The lowest BCUT2D eigenvalue weighted by atomic mass is 10.2. The van der Waals surface area contributed by atoms with E-state index >= 15 is 0 Å². The number of aromatic nitrogens is 1. The van der Waals surface area contributed by atoms with Crippen LogP contribution in [0.3, 0.4) is 0 Å². The summed E-state index contributed by atoms with van der Waals surface area (Å²) in [5, 5.41) is 4.83. The molecule has 72 valence electrons. The van der Waals surface area contributed by atoms with Gasteiger partial charge in [-0.2, -0.15) is 0 Å². The van der Waals surface area contributed by atoms with E-state index in [1.165, 1.54) is 0 Å². The molecule has 2 aromatic rings. The Morgan fingerprint density at radius 3 is 2.86 bits per heavy atom. The fourth-order valence-corrected chi connectivity index (χ4v) is 2.47. The highest BCUT2D eigenvalue weighted by Crippen LogP contribution is 2.24. The van der Waals surface area contributed by atoms with Gasteiger partial charge < -0.3 is 5.32 Å². The van der Waals surface area contributed by atoms with Crippen molar-refractivity contribution in [3.8, 4) is 0 Å². The lowest BCUT2D eigenvalue weighted by molar-refractivity contribution is 1.34. The van der Waals surface area contributed by atoms with Gasteiger partial charge >= 0.3 is 0 Å². The Labute approximate surface area is 101 Å². The zero-order chi connectivity index (χ0) is 10.1. The van der Waals surface area contributed by atoms with Crippen LogP contribution in [-0.2, 0) is 0 Å². The van der Waals surface area contributed by atoms with Gasteiger partial charge in [0.15, 0.2) is 0 Å². The van der Waals surface area contributed by atoms with Crippen molar-refractivity contribution in [1.82, 2.24) is 4.98 Å². The first-order valence-corrected chi connectivity index (χ1v) is 5.60. The molecule has 0 atom stereocenters. The van der Waals surface area contributed by atoms with Crippen molar-refractivity contribution in [2.45, 2.75) is 0 Å². The second-order valence-corrected chi connectivity index (χ2v) is 4.50. The lowest BCUT2D eigenvalue weighted by Crippen LogP contribution is -1.93. The molecule has 0 saturated carbocycles. The normalized spacial score (nSPS) is 10.5. The van der Waals surface area contributed by atoms with Crippen LogP contribution in [0.5, 0.6) is 0 Å². The molecule has 0 unspecified atom stereocenters. The number of benzene rings is 1. The summed E-state index contributed by atoms with van der Waals surface area (Å²) in [5.74, 6) is 0.873. The molecule has 0 radical (unpaired) electrons. The predicted octanol–water partition coefficient (Wildman–Crippen LogP) is 3.53. The summed E-state index contributed by atoms with van der Waals surface area (Å²) in [4.78, 5) is 4.46. The van der Waals surface area contributed by atoms with E-state index < -0.39 is 0 Å². The molecule has 0 fully saturated rings. The minimum Gasteiger partial charge on any atom is -0.373 e. The summed E-state index contributed by atoms with van der Waals surface area (Å²) in [5.41, 5.74) is 0.988. The standard InChI is InChI=1S/C10H8ClIN2/c1-13-9-3-2-6-4-7(11)5-8(12)10(6)14-9/h2-5H,1H3,(H,13,14). The van der Waals surface area contributed by atoms with Crippen LogP contribution in [-0.4, -0.2) is 12.0 Å². The van der Waals surface area contributed by atoms with Gasteiger partial charge in [-0.15, -0.1) is 0 Å². The van der Waals surface area contributed by atoms with Crippen LogP contribution >= 0.6 is 34.2 Å². The van der Waals surface area contributed by atoms with Crippen molar-refractivity contribution in [3.63, 3.8) is 0 Å². The van der Waals surface area contributed by atoms with E-state index in [0.717, 1.165) is 25.3 Å². The highest BCUT2D eigenvalue weighted by Gasteiger charge is 2.02. The first-order valence-electron chi connectivity index (χ1n) is 4.14. The summed E-state index contributed by atoms with van der Waals surface area (Å²) in [6, 6.07) is 7.79. The Morgan fingerprint density at radius 1 is 1.36 bits per heavy atom. The van der Waals surface area contributed by atoms with Gasteiger partial charge in [0.25, 0.3) is 0 Å². The fraction of sp³-hybridized carbons (Fsp3) is 0.100. The maximum Gasteiger partial charge on any atom is 0.126 e. The van der Waals surface area contributed by atoms with Crippen LogP contribution in [0.1, 0.15) is 0 Å². The molecule has 1 heterocycles. The fourth-order valence-electron chi connectivity index (χ4n) is 1.30. The van der Waals surface area contributed by atoms with Gasteiger partial charge in [-0.05, 0) is 46.9 Å². The maximum atomic E-state index is 5.95. The van der Waals surface area contributed by atoms with E-state index in [1.807, 2.05) is 31.3 Å². The molecule has 14 heavy (non-hydrogen) atoms. The third-order valence-electron chi connectivity index (χ3n) is 1.97. The smallest absolute Gasteiger partial charge is 0.126 e. The second kappa shape index (κ2) is 3.90. The molecule has 1 aromatic heterocycles. The third kappa shape index (κ3) is 1.79. The highest BCUT2D eigenvalue weighted by molar-refractivity contribution is 14.1. The van der Waals surface area contributed by atoms with E-state index in [0.29, 0.717) is 0 Å². The second-order valence-electron chi connectivity index (χ2n) is 2.91. The van der Waals surface area contributed by atoms with Crippen LogP contribution in [0.15, 0.2) is 24.3 Å². The molecule has 0 amide bonds. The molecule has 0 aliphatic heterocycles. The molecule has 2 nitrogen and oxygen atoms in total. The van der Waals surface area contributed by atoms with Gasteiger partial charge in [-0.3, -0.25) is 0 Å². The molecule has 1 N–H and O–H groups in total. The number of hydrogen-bond acceptors (Lipinski definition) is 2. The van der Waals surface area contributed by atoms with Crippen LogP contribution in [0.4, 0.5) is 5.82 Å². The monoisotopic (exact) mass is 318 g/mol. The minimum atomic E-state index is 0.751. The Morgan fingerprint density at radius 2 is 2.14 bits per heavy atom. The van der Waals surface area contributed by atoms with Crippen LogP contribution < -0.4 is 5.32 Å². The lowest BCUT2D eigenvalue weighted by Gasteiger charge is -2.04. The number of fused-ring (bicyclic) bond motifs is 1. The average molecular weight is 319 g/mol. The molecule has 0 aliphatic rings. The van der Waals surface area contributed by atoms with Gasteiger partial charge in [0, 0.05) is 21.0 Å². The van der Waals surface area contributed by atoms with Crippen molar-refractivity contribution >= 4 is 50.9 Å². The molecular weight excluding hydrogens is 310 g/mol. The highest BCUT2D eigenvalue weighted by atomic mass is 127. The van der Waals surface area contributed by atoms with Crippen LogP contribution in [0.2, 0.25) is 5.02 Å². The van der Waals surface area contributed by atoms with Crippen molar-refractivity contribution in [2.24, 2.45) is 0 Å². The van der Waals surface area contributed by atoms with Gasteiger partial charge in [0.1, 0.15) is 5.82 Å². The zero-order valence-corrected chi connectivity index (χ0v) is 10.4. The van der Waals surface area contributed by atoms with Gasteiger partial charge in [-0.25, -0.2) is 4.98 Å². The van der Waals surface area contributed by atoms with Crippen molar-refractivity contribution in [3.05, 3.63) is 32.9 Å². The molecule has 0 bridgehead atoms. The van der Waals surface area contributed by atoms with E-state index in [2.05, 4.69) is 32.9 Å². The number of halogens is 2. The van der Waals surface area contributed by atoms with E-state index in [-0.39, 0.29) is 0 Å². The summed E-state index contributed by atoms with van der Waals surface area (Å²) in [6.07, 6.45) is 0. The molecule has 4 heteroatoms. The molecule has 0 saturated heterocycles. The Hall–Kier alpha value is -0.550. The number of nitrogens with one attached hydrogen (secondary N) is 1. The number of nitrogens with zero attached hydrogens (tertiary/aromatic N) is 1. The molecular formula is C10H8ClIN2. The summed E-state index contributed by atoms with van der Waals surface area (Å²) in [7, 11) is 1.86. The maximum absolute atomic E-state index is 5.95. The van der Waals surface area contributed by atoms with Crippen LogP contribution in [0.25, 0.3) is 10.9 Å². The van der Waals surface area contributed by atoms with Crippen molar-refractivity contribution in [2.75, 3.05) is 12.4 Å². The first-order chi connectivity index (χ1) is 6.70. The average Bonchev–Trinajstić information content (AvgIpc) is 2.17. The number of pyridine rings is 1. The summed E-state index contributed by atoms with van der Waals surface area (Å²) < 4.78 is 1.07. The Bertz CT molecular complexity index is 485.